The second-order valence-corrected chi connectivity index (χ2v) is 8.96. The molecule has 1 fully saturated rings. The fourth-order valence-corrected chi connectivity index (χ4v) is 4.62. The van der Waals surface area contributed by atoms with E-state index in [1.807, 2.05) is 18.2 Å². The maximum atomic E-state index is 12.2. The number of hydrogen-bond acceptors (Lipinski definition) is 5. The first kappa shape index (κ1) is 21.4. The van der Waals surface area contributed by atoms with Gasteiger partial charge in [-0.05, 0) is 30.3 Å². The smallest absolute Gasteiger partial charge is 0.314 e. The molecule has 2 aromatic rings. The van der Waals surface area contributed by atoms with Gasteiger partial charge in [0.1, 0.15) is 44.2 Å². The summed E-state index contributed by atoms with van der Waals surface area (Å²) >= 11 is 0. The highest BCUT2D eigenvalue weighted by Crippen LogP contribution is 2.27. The molecule has 0 unspecified atom stereocenters. The second-order valence-electron chi connectivity index (χ2n) is 7.27. The van der Waals surface area contributed by atoms with Gasteiger partial charge in [0.25, 0.3) is 0 Å². The Hall–Kier alpha value is -2.29. The molecule has 1 aliphatic rings. The normalized spacial score (nSPS) is 19.5. The van der Waals surface area contributed by atoms with Gasteiger partial charge in [-0.15, -0.1) is 0 Å². The highest BCUT2D eigenvalue weighted by atomic mass is 32.2. The summed E-state index contributed by atoms with van der Waals surface area (Å²) in [6.07, 6.45) is 0. The van der Waals surface area contributed by atoms with Crippen LogP contribution in [-0.4, -0.2) is 61.1 Å². The Kier molecular flexibility index (Phi) is 7.35. The molecular weight excluding hydrogens is 392 g/mol. The molecule has 0 spiro atoms. The Morgan fingerprint density at radius 3 is 2.17 bits per heavy atom. The van der Waals surface area contributed by atoms with Gasteiger partial charge in [-0.25, -0.2) is 0 Å². The molecule has 0 atom stereocenters. The molecule has 0 aromatic heterocycles. The van der Waals surface area contributed by atoms with E-state index in [0.29, 0.717) is 12.3 Å². The fourth-order valence-electron chi connectivity index (χ4n) is 3.60. The quantitative estimate of drug-likeness (QED) is 0.528. The van der Waals surface area contributed by atoms with Crippen molar-refractivity contribution in [3.8, 4) is 17.2 Å². The van der Waals surface area contributed by atoms with Crippen LogP contribution in [0.5, 0.6) is 17.2 Å². The molecule has 7 nitrogen and oxygen atoms in total. The number of piperazine rings is 1. The van der Waals surface area contributed by atoms with Gasteiger partial charge in [-0.1, -0.05) is 18.2 Å². The Morgan fingerprint density at radius 2 is 1.52 bits per heavy atom. The van der Waals surface area contributed by atoms with Crippen molar-refractivity contribution in [2.75, 3.05) is 52.7 Å². The van der Waals surface area contributed by atoms with Crippen LogP contribution in [0, 0.1) is 0 Å². The van der Waals surface area contributed by atoms with Crippen LogP contribution in [0.1, 0.15) is 5.56 Å². The van der Waals surface area contributed by atoms with Crippen molar-refractivity contribution in [2.45, 2.75) is 6.54 Å². The lowest BCUT2D eigenvalue weighted by atomic mass is 10.1. The molecule has 1 saturated heterocycles. The summed E-state index contributed by atoms with van der Waals surface area (Å²) in [4.78, 5) is 2.80. The summed E-state index contributed by atoms with van der Waals surface area (Å²) in [6.45, 7) is 5.39. The Labute approximate surface area is 172 Å². The highest BCUT2D eigenvalue weighted by molar-refractivity contribution is 7.87. The van der Waals surface area contributed by atoms with E-state index in [2.05, 4.69) is 6.07 Å². The predicted octanol–water partition coefficient (Wildman–Crippen LogP) is -0.604. The molecule has 158 valence electrons. The largest absolute Gasteiger partial charge is 0.493 e. The maximum Gasteiger partial charge on any atom is 0.314 e. The molecule has 2 N–H and O–H groups in total. The average Bonchev–Trinajstić information content (AvgIpc) is 2.73. The molecule has 1 aliphatic heterocycles. The standard InChI is InChI=1S/C21H28N2O5S/c1-26-20-9-8-18(16-21(20)27-2)17-23-12-10-22(11-13-23)14-15-29(24,25)28-19-6-4-3-5-7-19/h3-9,16H,10-15,17H2,1-2H3/p+2. The molecule has 0 radical (unpaired) electrons. The molecule has 0 bridgehead atoms. The summed E-state index contributed by atoms with van der Waals surface area (Å²) < 4.78 is 40.2. The molecule has 2 aromatic carbocycles. The molecule has 29 heavy (non-hydrogen) atoms. The topological polar surface area (TPSA) is 70.7 Å². The average molecular weight is 423 g/mol. The summed E-state index contributed by atoms with van der Waals surface area (Å²) in [7, 11) is -0.284. The maximum absolute atomic E-state index is 12.2. The van der Waals surface area contributed by atoms with Crippen LogP contribution in [0.15, 0.2) is 48.5 Å². The van der Waals surface area contributed by atoms with Crippen LogP contribution in [0.2, 0.25) is 0 Å². The van der Waals surface area contributed by atoms with Gasteiger partial charge < -0.3 is 23.5 Å². The minimum Gasteiger partial charge on any atom is -0.493 e. The van der Waals surface area contributed by atoms with Crippen LogP contribution in [-0.2, 0) is 16.7 Å². The van der Waals surface area contributed by atoms with E-state index in [1.54, 1.807) is 38.5 Å². The van der Waals surface area contributed by atoms with E-state index in [4.69, 9.17) is 13.7 Å². The minimum atomic E-state index is -3.56. The molecule has 1 heterocycles. The Balaban J connectivity index is 1.44. The zero-order chi connectivity index (χ0) is 20.7. The predicted molar refractivity (Wildman–Crippen MR) is 110 cm³/mol. The lowest BCUT2D eigenvalue weighted by Gasteiger charge is -2.29. The van der Waals surface area contributed by atoms with Gasteiger partial charge in [-0.3, -0.25) is 0 Å². The van der Waals surface area contributed by atoms with Crippen LogP contribution in [0.4, 0.5) is 0 Å². The van der Waals surface area contributed by atoms with Gasteiger partial charge in [-0.2, -0.15) is 8.42 Å². The van der Waals surface area contributed by atoms with Crippen molar-refractivity contribution in [1.29, 1.82) is 0 Å². The van der Waals surface area contributed by atoms with Crippen molar-refractivity contribution < 1.29 is 31.9 Å². The van der Waals surface area contributed by atoms with E-state index in [9.17, 15) is 8.42 Å². The number of para-hydroxylation sites is 1. The third-order valence-corrected chi connectivity index (χ3v) is 6.39. The number of rotatable bonds is 9. The van der Waals surface area contributed by atoms with Crippen molar-refractivity contribution in [3.63, 3.8) is 0 Å². The number of ether oxygens (including phenoxy) is 2. The van der Waals surface area contributed by atoms with E-state index in [-0.39, 0.29) is 5.75 Å². The van der Waals surface area contributed by atoms with Crippen LogP contribution in [0.25, 0.3) is 0 Å². The first-order chi connectivity index (χ1) is 14.0. The van der Waals surface area contributed by atoms with Gasteiger partial charge in [0, 0.05) is 5.56 Å². The third kappa shape index (κ3) is 6.35. The number of methoxy groups -OCH3 is 2. The molecule has 0 saturated carbocycles. The first-order valence-corrected chi connectivity index (χ1v) is 11.4. The third-order valence-electron chi connectivity index (χ3n) is 5.24. The molecule has 0 amide bonds. The summed E-state index contributed by atoms with van der Waals surface area (Å²) in [6, 6.07) is 14.7. The Bertz CT molecular complexity index is 881. The summed E-state index contributed by atoms with van der Waals surface area (Å²) in [5.41, 5.74) is 1.21. The zero-order valence-corrected chi connectivity index (χ0v) is 17.8. The minimum absolute atomic E-state index is 0.0300. The van der Waals surface area contributed by atoms with Crippen molar-refractivity contribution >= 4 is 10.1 Å². The monoisotopic (exact) mass is 422 g/mol. The second kappa shape index (κ2) is 9.96. The fraction of sp³-hybridized carbons (Fsp3) is 0.429. The molecule has 3 rings (SSSR count). The molecular formula is C21H30N2O5S+2. The molecule has 8 heteroatoms. The van der Waals surface area contributed by atoms with Gasteiger partial charge >= 0.3 is 10.1 Å². The van der Waals surface area contributed by atoms with Crippen molar-refractivity contribution in [3.05, 3.63) is 54.1 Å². The van der Waals surface area contributed by atoms with Crippen LogP contribution < -0.4 is 23.5 Å². The number of benzene rings is 2. The van der Waals surface area contributed by atoms with E-state index >= 15 is 0 Å². The van der Waals surface area contributed by atoms with Crippen LogP contribution in [0.3, 0.4) is 0 Å². The van der Waals surface area contributed by atoms with E-state index < -0.39 is 10.1 Å². The van der Waals surface area contributed by atoms with Gasteiger partial charge in [0.15, 0.2) is 11.5 Å². The van der Waals surface area contributed by atoms with Crippen molar-refractivity contribution in [1.82, 2.24) is 0 Å². The Morgan fingerprint density at radius 1 is 0.862 bits per heavy atom. The zero-order valence-electron chi connectivity index (χ0n) is 17.0. The first-order valence-electron chi connectivity index (χ1n) is 9.84. The number of quaternary nitrogens is 2. The van der Waals surface area contributed by atoms with Gasteiger partial charge in [0.2, 0.25) is 0 Å². The van der Waals surface area contributed by atoms with E-state index in [1.165, 1.54) is 15.4 Å². The summed E-state index contributed by atoms with van der Waals surface area (Å²) in [5, 5.41) is 0. The number of hydrogen-bond donors (Lipinski definition) is 2. The summed E-state index contributed by atoms with van der Waals surface area (Å²) in [5.74, 6) is 1.88. The SMILES string of the molecule is COc1ccc(C[NH+]2CC[NH+](CCS(=O)(=O)Oc3ccccc3)CC2)cc1OC. The molecule has 0 aliphatic carbocycles. The van der Waals surface area contributed by atoms with Gasteiger partial charge in [0.05, 0.1) is 20.8 Å². The highest BCUT2D eigenvalue weighted by Gasteiger charge is 2.25. The lowest BCUT2D eigenvalue weighted by Crippen LogP contribution is -3.27. The lowest BCUT2D eigenvalue weighted by molar-refractivity contribution is -1.02. The van der Waals surface area contributed by atoms with Crippen molar-refractivity contribution in [2.24, 2.45) is 0 Å². The van der Waals surface area contributed by atoms with E-state index in [0.717, 1.165) is 44.2 Å². The van der Waals surface area contributed by atoms with Crippen LogP contribution >= 0.6 is 0 Å². The number of nitrogens with one attached hydrogen (secondary N) is 2.